The Morgan fingerprint density at radius 3 is 2.52 bits per heavy atom. The van der Waals surface area contributed by atoms with Crippen molar-refractivity contribution in [3.63, 3.8) is 0 Å². The summed E-state index contributed by atoms with van der Waals surface area (Å²) in [7, 11) is 1.72. The first-order chi connectivity index (χ1) is 14.8. The van der Waals surface area contributed by atoms with Gasteiger partial charge in [0.1, 0.15) is 5.75 Å². The minimum Gasteiger partial charge on any atom is -0.496 e. The van der Waals surface area contributed by atoms with Crippen LogP contribution in [0, 0.1) is 28.6 Å². The van der Waals surface area contributed by atoms with Gasteiger partial charge in [-0.1, -0.05) is 30.3 Å². The molecule has 5 aliphatic rings. The average Bonchev–Trinajstić information content (AvgIpc) is 3.11. The SMILES string of the molecule is COc1ccc(C2N([C@H]3C4CC5C[C@@]6(O)CC3CC56C4)C(=O)C2(C)C)c2ccccc12. The van der Waals surface area contributed by atoms with E-state index < -0.39 is 11.0 Å². The second kappa shape index (κ2) is 5.46. The summed E-state index contributed by atoms with van der Waals surface area (Å²) in [6, 6.07) is 13.0. The zero-order valence-corrected chi connectivity index (χ0v) is 18.6. The molecular weight excluding hydrogens is 386 g/mol. The van der Waals surface area contributed by atoms with Gasteiger partial charge < -0.3 is 14.7 Å². The van der Waals surface area contributed by atoms with E-state index in [-0.39, 0.29) is 23.4 Å². The van der Waals surface area contributed by atoms with Gasteiger partial charge in [-0.15, -0.1) is 0 Å². The molecule has 1 amide bonds. The molecule has 2 aromatic rings. The summed E-state index contributed by atoms with van der Waals surface area (Å²) in [6.45, 7) is 4.22. The van der Waals surface area contributed by atoms with Gasteiger partial charge in [0.05, 0.1) is 24.2 Å². The van der Waals surface area contributed by atoms with Gasteiger partial charge in [0, 0.05) is 16.8 Å². The monoisotopic (exact) mass is 417 g/mol. The van der Waals surface area contributed by atoms with Crippen LogP contribution in [0.25, 0.3) is 10.8 Å². The van der Waals surface area contributed by atoms with Crippen LogP contribution < -0.4 is 4.74 Å². The van der Waals surface area contributed by atoms with Crippen LogP contribution in [0.1, 0.15) is 57.6 Å². The molecular formula is C27H31NO3. The molecule has 4 aliphatic carbocycles. The summed E-state index contributed by atoms with van der Waals surface area (Å²) in [6.07, 6.45) is 5.33. The molecule has 4 heteroatoms. The fourth-order valence-corrected chi connectivity index (χ4v) is 9.08. The van der Waals surface area contributed by atoms with Crippen molar-refractivity contribution in [3.8, 4) is 5.75 Å². The molecule has 1 N–H and O–H groups in total. The van der Waals surface area contributed by atoms with Gasteiger partial charge in [-0.25, -0.2) is 0 Å². The molecule has 5 fully saturated rings. The van der Waals surface area contributed by atoms with Gasteiger partial charge >= 0.3 is 0 Å². The Bertz CT molecular complexity index is 1140. The van der Waals surface area contributed by atoms with Crippen LogP contribution in [-0.2, 0) is 4.79 Å². The average molecular weight is 418 g/mol. The van der Waals surface area contributed by atoms with E-state index >= 15 is 0 Å². The number of hydrogen-bond donors (Lipinski definition) is 1. The van der Waals surface area contributed by atoms with E-state index in [1.807, 2.05) is 6.07 Å². The Labute approximate surface area is 183 Å². The number of rotatable bonds is 3. The summed E-state index contributed by atoms with van der Waals surface area (Å²) in [5.41, 5.74) is 0.558. The topological polar surface area (TPSA) is 49.8 Å². The van der Waals surface area contributed by atoms with Crippen LogP contribution in [0.15, 0.2) is 36.4 Å². The smallest absolute Gasteiger partial charge is 0.231 e. The normalized spacial score (nSPS) is 43.7. The zero-order valence-electron chi connectivity index (χ0n) is 18.6. The number of carbonyl (C=O) groups excluding carboxylic acids is 1. The number of benzene rings is 2. The summed E-state index contributed by atoms with van der Waals surface area (Å²) < 4.78 is 5.63. The molecule has 1 heterocycles. The number of aliphatic hydroxyl groups is 1. The lowest BCUT2D eigenvalue weighted by Gasteiger charge is -2.59. The Kier molecular flexibility index (Phi) is 3.26. The maximum atomic E-state index is 13.6. The second-order valence-corrected chi connectivity index (χ2v) is 11.7. The molecule has 0 aromatic heterocycles. The molecule has 7 atom stereocenters. The number of methoxy groups -OCH3 is 1. The van der Waals surface area contributed by atoms with Crippen molar-refractivity contribution in [3.05, 3.63) is 42.0 Å². The van der Waals surface area contributed by atoms with E-state index in [0.29, 0.717) is 17.8 Å². The molecule has 7 rings (SSSR count). The first kappa shape index (κ1) is 18.5. The highest BCUT2D eigenvalue weighted by Crippen LogP contribution is 2.78. The molecule has 3 bridgehead atoms. The molecule has 0 radical (unpaired) electrons. The first-order valence-corrected chi connectivity index (χ1v) is 11.9. The third-order valence-corrected chi connectivity index (χ3v) is 10.2. The zero-order chi connectivity index (χ0) is 21.3. The van der Waals surface area contributed by atoms with Gasteiger partial charge in [-0.3, -0.25) is 4.79 Å². The van der Waals surface area contributed by atoms with Gasteiger partial charge in [-0.05, 0) is 80.7 Å². The minimum absolute atomic E-state index is 0.0699. The molecule has 1 spiro atoms. The predicted octanol–water partition coefficient (Wildman–Crippen LogP) is 4.70. The number of hydrogen-bond acceptors (Lipinski definition) is 3. The van der Waals surface area contributed by atoms with Crippen LogP contribution in [0.4, 0.5) is 0 Å². The van der Waals surface area contributed by atoms with E-state index in [2.05, 4.69) is 49.1 Å². The van der Waals surface area contributed by atoms with Crippen LogP contribution in [0.3, 0.4) is 0 Å². The van der Waals surface area contributed by atoms with Crippen LogP contribution in [0.5, 0.6) is 5.75 Å². The lowest BCUT2D eigenvalue weighted by atomic mass is 9.53. The molecule has 162 valence electrons. The number of nitrogens with zero attached hydrogens (tertiary/aromatic N) is 1. The van der Waals surface area contributed by atoms with E-state index in [9.17, 15) is 9.90 Å². The predicted molar refractivity (Wildman–Crippen MR) is 119 cm³/mol. The van der Waals surface area contributed by atoms with E-state index in [1.54, 1.807) is 7.11 Å². The van der Waals surface area contributed by atoms with E-state index in [0.717, 1.165) is 36.8 Å². The highest BCUT2D eigenvalue weighted by molar-refractivity contribution is 5.96. The largest absolute Gasteiger partial charge is 0.496 e. The van der Waals surface area contributed by atoms with Gasteiger partial charge in [0.15, 0.2) is 0 Å². The van der Waals surface area contributed by atoms with E-state index in [4.69, 9.17) is 4.74 Å². The van der Waals surface area contributed by atoms with Crippen molar-refractivity contribution >= 4 is 16.7 Å². The number of carbonyl (C=O) groups is 1. The first-order valence-electron chi connectivity index (χ1n) is 11.9. The third kappa shape index (κ3) is 1.92. The highest BCUT2D eigenvalue weighted by Gasteiger charge is 2.78. The van der Waals surface area contributed by atoms with Gasteiger partial charge in [0.25, 0.3) is 0 Å². The molecule has 4 saturated carbocycles. The van der Waals surface area contributed by atoms with Crippen molar-refractivity contribution in [1.29, 1.82) is 0 Å². The Balaban J connectivity index is 1.34. The number of fused-ring (bicyclic) bond motifs is 3. The van der Waals surface area contributed by atoms with Crippen LogP contribution in [0.2, 0.25) is 0 Å². The van der Waals surface area contributed by atoms with Gasteiger partial charge in [-0.2, -0.15) is 0 Å². The number of β-lactam (4-membered cyclic amide) rings is 1. The summed E-state index contributed by atoms with van der Waals surface area (Å²) in [5, 5.41) is 13.6. The maximum absolute atomic E-state index is 13.6. The molecule has 31 heavy (non-hydrogen) atoms. The Morgan fingerprint density at radius 2 is 1.74 bits per heavy atom. The fourth-order valence-electron chi connectivity index (χ4n) is 9.08. The van der Waals surface area contributed by atoms with Gasteiger partial charge in [0.2, 0.25) is 5.91 Å². The van der Waals surface area contributed by atoms with Crippen LogP contribution >= 0.6 is 0 Å². The number of amides is 1. The summed E-state index contributed by atoms with van der Waals surface area (Å²) >= 11 is 0. The lowest BCUT2D eigenvalue weighted by molar-refractivity contribution is -0.182. The fraction of sp³-hybridized carbons (Fsp3) is 0.593. The maximum Gasteiger partial charge on any atom is 0.231 e. The minimum atomic E-state index is -0.447. The lowest BCUT2D eigenvalue weighted by Crippen LogP contribution is -2.66. The van der Waals surface area contributed by atoms with Crippen molar-refractivity contribution in [2.75, 3.05) is 7.11 Å². The standard InChI is InChI=1S/C27H31NO3/c1-25(2)23(20-8-9-21(31-3)19-7-5-4-6-18(19)20)28(24(25)29)22-15-10-17-14-27(30)13-16(22)12-26(17,27)11-15/h4-9,15-17,22-23,30H,10-14H2,1-3H3/t15?,16?,17?,22-,23?,26?,27-/m0/s1. The van der Waals surface area contributed by atoms with E-state index in [1.165, 1.54) is 17.4 Å². The molecule has 4 nitrogen and oxygen atoms in total. The van der Waals surface area contributed by atoms with Crippen molar-refractivity contribution in [1.82, 2.24) is 4.90 Å². The molecule has 1 aliphatic heterocycles. The second-order valence-electron chi connectivity index (χ2n) is 11.7. The highest BCUT2D eigenvalue weighted by atomic mass is 16.5. The van der Waals surface area contributed by atoms with Crippen molar-refractivity contribution in [2.45, 2.75) is 63.6 Å². The van der Waals surface area contributed by atoms with Crippen molar-refractivity contribution in [2.24, 2.45) is 28.6 Å². The number of ether oxygens (including phenoxy) is 1. The molecule has 1 saturated heterocycles. The number of likely N-dealkylation sites (tertiary alicyclic amines) is 1. The Morgan fingerprint density at radius 1 is 1.00 bits per heavy atom. The molecule has 5 unspecified atom stereocenters. The summed E-state index contributed by atoms with van der Waals surface area (Å²) in [4.78, 5) is 15.8. The van der Waals surface area contributed by atoms with Crippen LogP contribution in [-0.4, -0.2) is 34.7 Å². The van der Waals surface area contributed by atoms with Crippen molar-refractivity contribution < 1.29 is 14.6 Å². The third-order valence-electron chi connectivity index (χ3n) is 10.2. The Hall–Kier alpha value is -2.07. The summed E-state index contributed by atoms with van der Waals surface area (Å²) in [5.74, 6) is 2.85. The molecule has 2 aromatic carbocycles. The quantitative estimate of drug-likeness (QED) is 0.737.